The lowest BCUT2D eigenvalue weighted by Crippen LogP contribution is -2.33. The molecule has 0 spiro atoms. The minimum atomic E-state index is -4.22. The van der Waals surface area contributed by atoms with Crippen molar-refractivity contribution in [2.45, 2.75) is 66.3 Å². The Balaban J connectivity index is 1.07. The quantitative estimate of drug-likeness (QED) is 0.293. The van der Waals surface area contributed by atoms with Gasteiger partial charge in [0.15, 0.2) is 9.84 Å². The van der Waals surface area contributed by atoms with E-state index in [1.165, 1.54) is 0 Å². The van der Waals surface area contributed by atoms with Gasteiger partial charge in [0, 0.05) is 30.3 Å². The number of anilines is 1. The van der Waals surface area contributed by atoms with Crippen molar-refractivity contribution in [1.29, 1.82) is 0 Å². The third kappa shape index (κ3) is 4.46. The second-order valence-corrected chi connectivity index (χ2v) is 12.7. The molecule has 2 aromatic heterocycles. The molecule has 198 valence electrons. The van der Waals surface area contributed by atoms with Crippen molar-refractivity contribution in [3.05, 3.63) is 84.8 Å². The van der Waals surface area contributed by atoms with Crippen LogP contribution in [0.4, 0.5) is 18.9 Å². The van der Waals surface area contributed by atoms with E-state index in [2.05, 4.69) is 10.3 Å². The maximum absolute atomic E-state index is 13.4. The molecule has 2 fully saturated rings. The van der Waals surface area contributed by atoms with Crippen molar-refractivity contribution >= 4 is 21.2 Å². The summed E-state index contributed by atoms with van der Waals surface area (Å²) >= 11 is 0. The lowest BCUT2D eigenvalue weighted by Gasteiger charge is -2.30. The SMILES string of the molecule is O=S(=O)(c1ccc(-c2ccc3nccn3c2)cc1)C1CCC(Nc2ccc(C3(C(F)(F)F)CC3)cc2)CC1. The summed E-state index contributed by atoms with van der Waals surface area (Å²) in [4.78, 5) is 4.57. The molecule has 2 heterocycles. The Morgan fingerprint density at radius 3 is 2.16 bits per heavy atom. The van der Waals surface area contributed by atoms with Crippen LogP contribution in [-0.2, 0) is 15.3 Å². The maximum atomic E-state index is 13.4. The Morgan fingerprint density at radius 2 is 1.53 bits per heavy atom. The number of hydrogen-bond donors (Lipinski definition) is 1. The molecule has 0 radical (unpaired) electrons. The molecule has 9 heteroatoms. The number of aromatic nitrogens is 2. The Bertz CT molecular complexity index is 1550. The lowest BCUT2D eigenvalue weighted by atomic mass is 9.93. The number of nitrogens with one attached hydrogen (secondary N) is 1. The van der Waals surface area contributed by atoms with Crippen LogP contribution in [0.25, 0.3) is 16.8 Å². The summed E-state index contributed by atoms with van der Waals surface area (Å²) in [7, 11) is -3.46. The molecule has 0 atom stereocenters. The summed E-state index contributed by atoms with van der Waals surface area (Å²) in [6.07, 6.45) is 4.07. The van der Waals surface area contributed by atoms with E-state index in [-0.39, 0.29) is 18.9 Å². The number of pyridine rings is 1. The average molecular weight is 540 g/mol. The van der Waals surface area contributed by atoms with Gasteiger partial charge in [0.1, 0.15) is 5.65 Å². The number of halogens is 3. The van der Waals surface area contributed by atoms with Gasteiger partial charge in [0.2, 0.25) is 0 Å². The highest BCUT2D eigenvalue weighted by atomic mass is 32.2. The molecule has 0 saturated heterocycles. The van der Waals surface area contributed by atoms with Crippen LogP contribution in [0.3, 0.4) is 0 Å². The van der Waals surface area contributed by atoms with Crippen LogP contribution in [0.1, 0.15) is 44.1 Å². The normalized spacial score (nSPS) is 21.3. The first-order valence-corrected chi connectivity index (χ1v) is 14.4. The standard InChI is InChI=1S/C29H28F3N3O2S/c30-29(31,32)28(15-16-28)22-4-6-23(7-5-22)34-24-8-12-26(13-9-24)38(36,37)25-10-1-20(2-11-25)21-3-14-27-33-17-18-35(27)19-21/h1-7,10-11,14,17-19,24,26,34H,8-9,12-13,15-16H2. The first kappa shape index (κ1) is 25.0. The van der Waals surface area contributed by atoms with E-state index in [4.69, 9.17) is 0 Å². The van der Waals surface area contributed by atoms with Gasteiger partial charge in [-0.2, -0.15) is 13.2 Å². The summed E-state index contributed by atoms with van der Waals surface area (Å²) in [5.41, 5.74) is 2.17. The number of benzene rings is 2. The third-order valence-electron chi connectivity index (χ3n) is 8.12. The summed E-state index contributed by atoms with van der Waals surface area (Å²) in [5, 5.41) is 2.94. The highest BCUT2D eigenvalue weighted by Crippen LogP contribution is 2.58. The molecule has 2 aliphatic rings. The van der Waals surface area contributed by atoms with E-state index in [9.17, 15) is 21.6 Å². The van der Waals surface area contributed by atoms with Crippen LogP contribution in [0, 0.1) is 0 Å². The van der Waals surface area contributed by atoms with Crippen LogP contribution in [0.5, 0.6) is 0 Å². The fraction of sp³-hybridized carbons (Fsp3) is 0.345. The molecule has 0 bridgehead atoms. The number of alkyl halides is 3. The van der Waals surface area contributed by atoms with Gasteiger partial charge in [-0.25, -0.2) is 13.4 Å². The Morgan fingerprint density at radius 1 is 0.868 bits per heavy atom. The molecule has 6 rings (SSSR count). The molecule has 0 aliphatic heterocycles. The highest BCUT2D eigenvalue weighted by Gasteiger charge is 2.64. The van der Waals surface area contributed by atoms with E-state index < -0.39 is 26.7 Å². The molecule has 4 aromatic rings. The van der Waals surface area contributed by atoms with Crippen molar-refractivity contribution in [2.75, 3.05) is 5.32 Å². The minimum absolute atomic E-state index is 0.0882. The molecule has 0 amide bonds. The van der Waals surface area contributed by atoms with Crippen molar-refractivity contribution < 1.29 is 21.6 Å². The van der Waals surface area contributed by atoms with Gasteiger partial charge in [-0.1, -0.05) is 24.3 Å². The number of imidazole rings is 1. The highest BCUT2D eigenvalue weighted by molar-refractivity contribution is 7.92. The smallest absolute Gasteiger partial charge is 0.382 e. The Kier molecular flexibility index (Phi) is 6.01. The number of hydrogen-bond acceptors (Lipinski definition) is 4. The predicted octanol–water partition coefficient (Wildman–Crippen LogP) is 6.79. The summed E-state index contributed by atoms with van der Waals surface area (Å²) in [5.74, 6) is 0. The molecule has 5 nitrogen and oxygen atoms in total. The van der Waals surface area contributed by atoms with Crippen molar-refractivity contribution in [1.82, 2.24) is 9.38 Å². The van der Waals surface area contributed by atoms with Crippen LogP contribution in [-0.4, -0.2) is 35.3 Å². The second kappa shape index (κ2) is 9.15. The zero-order chi connectivity index (χ0) is 26.5. The van der Waals surface area contributed by atoms with Crippen molar-refractivity contribution in [2.24, 2.45) is 0 Å². The van der Waals surface area contributed by atoms with Gasteiger partial charge < -0.3 is 9.72 Å². The molecule has 38 heavy (non-hydrogen) atoms. The number of nitrogens with zero attached hydrogens (tertiary/aromatic N) is 2. The van der Waals surface area contributed by atoms with Gasteiger partial charge in [-0.3, -0.25) is 0 Å². The zero-order valence-corrected chi connectivity index (χ0v) is 21.5. The monoisotopic (exact) mass is 539 g/mol. The Hall–Kier alpha value is -3.33. The molecule has 0 unspecified atom stereocenters. The molecule has 2 aliphatic carbocycles. The molecule has 1 N–H and O–H groups in total. The van der Waals surface area contributed by atoms with Crippen LogP contribution >= 0.6 is 0 Å². The van der Waals surface area contributed by atoms with Gasteiger partial charge in [0.05, 0.1) is 15.6 Å². The third-order valence-corrected chi connectivity index (χ3v) is 10.4. The average Bonchev–Trinajstić information content (AvgIpc) is 3.61. The number of sulfone groups is 1. The zero-order valence-electron chi connectivity index (χ0n) is 20.7. The summed E-state index contributed by atoms with van der Waals surface area (Å²) in [6, 6.07) is 17.6. The van der Waals surface area contributed by atoms with Crippen molar-refractivity contribution in [3.63, 3.8) is 0 Å². The fourth-order valence-corrected chi connectivity index (χ4v) is 7.41. The van der Waals surface area contributed by atoms with Gasteiger partial charge in [0.25, 0.3) is 0 Å². The van der Waals surface area contributed by atoms with Gasteiger partial charge in [-0.05, 0) is 91.6 Å². The minimum Gasteiger partial charge on any atom is -0.382 e. The van der Waals surface area contributed by atoms with Crippen LogP contribution < -0.4 is 5.32 Å². The summed E-state index contributed by atoms with van der Waals surface area (Å²) in [6.45, 7) is 0. The lowest BCUT2D eigenvalue weighted by molar-refractivity contribution is -0.160. The fourth-order valence-electron chi connectivity index (χ4n) is 5.62. The van der Waals surface area contributed by atoms with Crippen LogP contribution in [0.2, 0.25) is 0 Å². The van der Waals surface area contributed by atoms with E-state index in [1.807, 2.05) is 41.1 Å². The van der Waals surface area contributed by atoms with E-state index >= 15 is 0 Å². The number of rotatable bonds is 6. The topological polar surface area (TPSA) is 63.5 Å². The maximum Gasteiger partial charge on any atom is 0.398 e. The molecular formula is C29H28F3N3O2S. The van der Waals surface area contributed by atoms with Gasteiger partial charge in [-0.15, -0.1) is 0 Å². The van der Waals surface area contributed by atoms with E-state index in [1.54, 1.807) is 42.6 Å². The molecule has 2 saturated carbocycles. The van der Waals surface area contributed by atoms with Crippen LogP contribution in [0.15, 0.2) is 84.1 Å². The van der Waals surface area contributed by atoms with Crippen molar-refractivity contribution in [3.8, 4) is 11.1 Å². The molecular weight excluding hydrogens is 511 g/mol. The van der Waals surface area contributed by atoms with E-state index in [0.717, 1.165) is 22.5 Å². The first-order chi connectivity index (χ1) is 18.2. The second-order valence-electron chi connectivity index (χ2n) is 10.5. The first-order valence-electron chi connectivity index (χ1n) is 12.9. The Labute approximate surface area is 219 Å². The van der Waals surface area contributed by atoms with E-state index in [0.29, 0.717) is 36.1 Å². The van der Waals surface area contributed by atoms with Gasteiger partial charge >= 0.3 is 6.18 Å². The largest absolute Gasteiger partial charge is 0.398 e. The molecule has 2 aromatic carbocycles. The summed E-state index contributed by atoms with van der Waals surface area (Å²) < 4.78 is 68.7. The predicted molar refractivity (Wildman–Crippen MR) is 141 cm³/mol. The number of fused-ring (bicyclic) bond motifs is 1.